The van der Waals surface area contributed by atoms with E-state index in [9.17, 15) is 0 Å². The molecule has 0 aliphatic carbocycles. The fourth-order valence-electron chi connectivity index (χ4n) is 2.90. The second-order valence-electron chi connectivity index (χ2n) is 6.06. The van der Waals surface area contributed by atoms with Crippen LogP contribution in [0.15, 0.2) is 18.3 Å². The highest BCUT2D eigenvalue weighted by atomic mass is 32.1. The molecule has 116 valence electrons. The SMILES string of the molecule is Cc1cn2nc(-c3nc4sc(C5CNC5)cc4s3)cc(C)c2n1. The maximum absolute atomic E-state index is 4.82. The Morgan fingerprint density at radius 2 is 2.04 bits per heavy atom. The number of nitrogens with zero attached hydrogens (tertiary/aromatic N) is 4. The van der Waals surface area contributed by atoms with Crippen molar-refractivity contribution >= 4 is 37.9 Å². The molecular formula is C16H15N5S2. The third kappa shape index (κ3) is 2.11. The Morgan fingerprint density at radius 3 is 2.78 bits per heavy atom. The lowest BCUT2D eigenvalue weighted by molar-refractivity contribution is 0.454. The van der Waals surface area contributed by atoms with Crippen molar-refractivity contribution in [2.45, 2.75) is 19.8 Å². The predicted molar refractivity (Wildman–Crippen MR) is 94.6 cm³/mol. The number of rotatable bonds is 2. The molecule has 0 atom stereocenters. The van der Waals surface area contributed by atoms with Crippen molar-refractivity contribution in [2.24, 2.45) is 0 Å². The lowest BCUT2D eigenvalue weighted by atomic mass is 10.0. The molecule has 1 aliphatic heterocycles. The molecule has 4 aromatic heterocycles. The number of thiophene rings is 1. The van der Waals surface area contributed by atoms with E-state index in [1.165, 1.54) is 9.58 Å². The second-order valence-corrected chi connectivity index (χ2v) is 8.15. The molecular weight excluding hydrogens is 326 g/mol. The maximum Gasteiger partial charge on any atom is 0.156 e. The van der Waals surface area contributed by atoms with E-state index >= 15 is 0 Å². The molecule has 4 aromatic rings. The van der Waals surface area contributed by atoms with Crippen LogP contribution in [0.2, 0.25) is 0 Å². The van der Waals surface area contributed by atoms with Gasteiger partial charge in [-0.3, -0.25) is 0 Å². The zero-order valence-electron chi connectivity index (χ0n) is 12.8. The van der Waals surface area contributed by atoms with Gasteiger partial charge in [0.1, 0.15) is 15.5 Å². The Kier molecular flexibility index (Phi) is 2.86. The van der Waals surface area contributed by atoms with Crippen molar-refractivity contribution in [3.63, 3.8) is 0 Å². The lowest BCUT2D eigenvalue weighted by Crippen LogP contribution is -2.39. The van der Waals surface area contributed by atoms with Gasteiger partial charge >= 0.3 is 0 Å². The molecule has 1 aliphatic rings. The smallest absolute Gasteiger partial charge is 0.156 e. The Balaban J connectivity index is 1.60. The van der Waals surface area contributed by atoms with E-state index in [1.54, 1.807) is 11.3 Å². The van der Waals surface area contributed by atoms with E-state index in [2.05, 4.69) is 34.5 Å². The van der Waals surface area contributed by atoms with Gasteiger partial charge in [0, 0.05) is 23.9 Å². The summed E-state index contributed by atoms with van der Waals surface area (Å²) in [5, 5.41) is 9.00. The van der Waals surface area contributed by atoms with Crippen molar-refractivity contribution in [1.29, 1.82) is 0 Å². The van der Waals surface area contributed by atoms with E-state index < -0.39 is 0 Å². The zero-order chi connectivity index (χ0) is 15.6. The highest BCUT2D eigenvalue weighted by molar-refractivity contribution is 7.28. The average molecular weight is 341 g/mol. The molecule has 0 amide bonds. The van der Waals surface area contributed by atoms with Gasteiger partial charge in [-0.25, -0.2) is 14.5 Å². The van der Waals surface area contributed by atoms with E-state index in [0.29, 0.717) is 5.92 Å². The average Bonchev–Trinajstić information content (AvgIpc) is 3.08. The molecule has 0 radical (unpaired) electrons. The summed E-state index contributed by atoms with van der Waals surface area (Å²) < 4.78 is 3.13. The molecule has 5 rings (SSSR count). The van der Waals surface area contributed by atoms with Crippen molar-refractivity contribution in [1.82, 2.24) is 24.9 Å². The van der Waals surface area contributed by atoms with Crippen LogP contribution in [0, 0.1) is 13.8 Å². The molecule has 1 saturated heterocycles. The summed E-state index contributed by atoms with van der Waals surface area (Å²) >= 11 is 3.55. The van der Waals surface area contributed by atoms with Gasteiger partial charge < -0.3 is 5.32 Å². The van der Waals surface area contributed by atoms with Crippen LogP contribution in [-0.2, 0) is 0 Å². The molecule has 0 bridgehead atoms. The summed E-state index contributed by atoms with van der Waals surface area (Å²) in [5.74, 6) is 0.676. The van der Waals surface area contributed by atoms with Gasteiger partial charge in [0.2, 0.25) is 0 Å². The molecule has 0 saturated carbocycles. The first-order valence-corrected chi connectivity index (χ1v) is 9.25. The van der Waals surface area contributed by atoms with Crippen molar-refractivity contribution in [2.75, 3.05) is 13.1 Å². The van der Waals surface area contributed by atoms with Gasteiger partial charge in [0.15, 0.2) is 5.65 Å². The molecule has 5 heterocycles. The lowest BCUT2D eigenvalue weighted by Gasteiger charge is -2.25. The van der Waals surface area contributed by atoms with Gasteiger partial charge in [0.25, 0.3) is 0 Å². The minimum atomic E-state index is 0.676. The number of hydrogen-bond acceptors (Lipinski definition) is 6. The van der Waals surface area contributed by atoms with E-state index in [4.69, 9.17) is 4.98 Å². The summed E-state index contributed by atoms with van der Waals surface area (Å²) in [6.07, 6.45) is 1.96. The number of imidazole rings is 1. The van der Waals surface area contributed by atoms with E-state index in [0.717, 1.165) is 45.5 Å². The first-order valence-electron chi connectivity index (χ1n) is 7.62. The number of aryl methyl sites for hydroxylation is 2. The number of thiazole rings is 1. The molecule has 1 N–H and O–H groups in total. The molecule has 23 heavy (non-hydrogen) atoms. The number of aromatic nitrogens is 4. The van der Waals surface area contributed by atoms with Crippen LogP contribution < -0.4 is 5.32 Å². The Morgan fingerprint density at radius 1 is 1.17 bits per heavy atom. The monoisotopic (exact) mass is 341 g/mol. The van der Waals surface area contributed by atoms with E-state index in [1.807, 2.05) is 29.0 Å². The topological polar surface area (TPSA) is 55.1 Å². The van der Waals surface area contributed by atoms with Crippen LogP contribution in [0.3, 0.4) is 0 Å². The highest BCUT2D eigenvalue weighted by Crippen LogP contribution is 2.38. The molecule has 0 spiro atoms. The standard InChI is InChI=1S/C16H15N5S2/c1-8-3-11(20-21-7-9(2)18-14(8)21)15-19-16-13(23-15)4-12(22-16)10-5-17-6-10/h3-4,7,10,17H,5-6H2,1-2H3. The van der Waals surface area contributed by atoms with Gasteiger partial charge in [-0.05, 0) is 31.5 Å². The maximum atomic E-state index is 4.82. The Hall–Kier alpha value is -1.83. The van der Waals surface area contributed by atoms with Crippen LogP contribution >= 0.6 is 22.7 Å². The second kappa shape index (κ2) is 4.83. The van der Waals surface area contributed by atoms with Gasteiger partial charge in [0.05, 0.1) is 16.6 Å². The molecule has 1 fully saturated rings. The first kappa shape index (κ1) is 13.6. The summed E-state index contributed by atoms with van der Waals surface area (Å²) in [6.45, 7) is 6.25. The molecule has 5 nitrogen and oxygen atoms in total. The van der Waals surface area contributed by atoms with Gasteiger partial charge in [-0.2, -0.15) is 5.10 Å². The highest BCUT2D eigenvalue weighted by Gasteiger charge is 2.22. The van der Waals surface area contributed by atoms with Gasteiger partial charge in [-0.1, -0.05) is 0 Å². The molecule has 0 aromatic carbocycles. The molecule has 7 heteroatoms. The van der Waals surface area contributed by atoms with Crippen molar-refractivity contribution in [3.05, 3.63) is 34.5 Å². The minimum absolute atomic E-state index is 0.676. The normalized spacial score (nSPS) is 15.6. The van der Waals surface area contributed by atoms with Crippen LogP contribution in [0.4, 0.5) is 0 Å². The van der Waals surface area contributed by atoms with Crippen molar-refractivity contribution < 1.29 is 0 Å². The fraction of sp³-hybridized carbons (Fsp3) is 0.312. The summed E-state index contributed by atoms with van der Waals surface area (Å²) in [5.41, 5.74) is 3.96. The third-order valence-corrected chi connectivity index (χ3v) is 6.59. The Bertz CT molecular complexity index is 1010. The number of fused-ring (bicyclic) bond motifs is 2. The van der Waals surface area contributed by atoms with Crippen molar-refractivity contribution in [3.8, 4) is 10.7 Å². The largest absolute Gasteiger partial charge is 0.315 e. The number of nitrogens with one attached hydrogen (secondary N) is 1. The summed E-state index contributed by atoms with van der Waals surface area (Å²) in [7, 11) is 0. The van der Waals surface area contributed by atoms with Gasteiger partial charge in [-0.15, -0.1) is 22.7 Å². The van der Waals surface area contributed by atoms with Crippen LogP contribution in [0.25, 0.3) is 25.9 Å². The summed E-state index contributed by atoms with van der Waals surface area (Å²) in [4.78, 5) is 11.9. The van der Waals surface area contributed by atoms with Crippen LogP contribution in [0.1, 0.15) is 22.1 Å². The van der Waals surface area contributed by atoms with E-state index in [-0.39, 0.29) is 0 Å². The molecule has 0 unspecified atom stereocenters. The Labute approximate surface area is 141 Å². The third-order valence-electron chi connectivity index (χ3n) is 4.24. The van der Waals surface area contributed by atoms with Crippen LogP contribution in [0.5, 0.6) is 0 Å². The quantitative estimate of drug-likeness (QED) is 0.607. The number of hydrogen-bond donors (Lipinski definition) is 1. The first-order chi connectivity index (χ1) is 11.2. The zero-order valence-corrected chi connectivity index (χ0v) is 14.5. The summed E-state index contributed by atoms with van der Waals surface area (Å²) in [6, 6.07) is 4.39. The minimum Gasteiger partial charge on any atom is -0.315 e. The van der Waals surface area contributed by atoms with Crippen LogP contribution in [-0.4, -0.2) is 32.7 Å². The fourth-order valence-corrected chi connectivity index (χ4v) is 5.18. The predicted octanol–water partition coefficient (Wildman–Crippen LogP) is 3.37.